The topological polar surface area (TPSA) is 78.4 Å². The van der Waals surface area contributed by atoms with E-state index in [1.165, 1.54) is 0 Å². The quantitative estimate of drug-likeness (QED) is 0.728. The van der Waals surface area contributed by atoms with Gasteiger partial charge in [-0.25, -0.2) is 8.78 Å². The molecule has 1 aromatic carbocycles. The van der Waals surface area contributed by atoms with E-state index < -0.39 is 35.1 Å². The summed E-state index contributed by atoms with van der Waals surface area (Å²) in [5.41, 5.74) is -0.724. The number of amides is 2. The van der Waals surface area contributed by atoms with Crippen molar-refractivity contribution in [1.82, 2.24) is 10.6 Å². The molecular weight excluding hydrogens is 282 g/mol. The normalized spacial score (nSPS) is 12.1. The number of halogens is 2. The minimum absolute atomic E-state index is 0.0337. The van der Waals surface area contributed by atoms with Crippen LogP contribution < -0.4 is 10.6 Å². The molecular formula is C14H18F2N2O3. The molecule has 7 heteroatoms. The van der Waals surface area contributed by atoms with E-state index in [0.29, 0.717) is 0 Å². The Hall–Kier alpha value is -2.02. The Morgan fingerprint density at radius 3 is 2.29 bits per heavy atom. The van der Waals surface area contributed by atoms with Gasteiger partial charge in [-0.2, -0.15) is 0 Å². The van der Waals surface area contributed by atoms with Crippen molar-refractivity contribution in [3.8, 4) is 0 Å². The molecule has 0 aromatic heterocycles. The summed E-state index contributed by atoms with van der Waals surface area (Å²) >= 11 is 0. The molecule has 0 aliphatic carbocycles. The Balaban J connectivity index is 2.89. The van der Waals surface area contributed by atoms with E-state index in [1.807, 2.05) is 0 Å². The summed E-state index contributed by atoms with van der Waals surface area (Å²) in [4.78, 5) is 23.8. The van der Waals surface area contributed by atoms with Crippen molar-refractivity contribution in [3.63, 3.8) is 0 Å². The predicted molar refractivity (Wildman–Crippen MR) is 72.5 cm³/mol. The number of aliphatic hydroxyl groups excluding tert-OH is 1. The van der Waals surface area contributed by atoms with E-state index >= 15 is 0 Å². The third-order valence-corrected chi connectivity index (χ3v) is 2.84. The van der Waals surface area contributed by atoms with Gasteiger partial charge in [0.1, 0.15) is 23.2 Å². The van der Waals surface area contributed by atoms with Crippen molar-refractivity contribution in [2.45, 2.75) is 19.9 Å². The minimum atomic E-state index is -0.997. The van der Waals surface area contributed by atoms with Gasteiger partial charge in [0.05, 0.1) is 6.61 Å². The molecule has 116 valence electrons. The second-order valence-electron chi connectivity index (χ2n) is 4.81. The molecule has 0 aliphatic heterocycles. The summed E-state index contributed by atoms with van der Waals surface area (Å²) in [7, 11) is 0. The summed E-state index contributed by atoms with van der Waals surface area (Å²) < 4.78 is 27.0. The maximum atomic E-state index is 13.5. The summed E-state index contributed by atoms with van der Waals surface area (Å²) in [5, 5.41) is 13.4. The van der Waals surface area contributed by atoms with Gasteiger partial charge < -0.3 is 15.7 Å². The molecule has 2 amide bonds. The molecule has 0 heterocycles. The van der Waals surface area contributed by atoms with Crippen molar-refractivity contribution in [1.29, 1.82) is 0 Å². The molecule has 1 rings (SSSR count). The van der Waals surface area contributed by atoms with E-state index in [9.17, 15) is 18.4 Å². The molecule has 0 fully saturated rings. The van der Waals surface area contributed by atoms with Crippen molar-refractivity contribution >= 4 is 11.8 Å². The Labute approximate surface area is 121 Å². The minimum Gasteiger partial charge on any atom is -0.395 e. The third kappa shape index (κ3) is 4.49. The van der Waals surface area contributed by atoms with Gasteiger partial charge in [-0.1, -0.05) is 19.9 Å². The molecule has 0 bridgehead atoms. The van der Waals surface area contributed by atoms with Crippen LogP contribution in [0.2, 0.25) is 0 Å². The second-order valence-corrected chi connectivity index (χ2v) is 4.81. The highest BCUT2D eigenvalue weighted by Gasteiger charge is 2.26. The monoisotopic (exact) mass is 300 g/mol. The van der Waals surface area contributed by atoms with Gasteiger partial charge in [0, 0.05) is 6.54 Å². The average Bonchev–Trinajstić information content (AvgIpc) is 2.41. The molecule has 0 spiro atoms. The lowest BCUT2D eigenvalue weighted by Crippen LogP contribution is -2.50. The third-order valence-electron chi connectivity index (χ3n) is 2.84. The van der Waals surface area contributed by atoms with Gasteiger partial charge in [0.25, 0.3) is 5.91 Å². The van der Waals surface area contributed by atoms with Gasteiger partial charge in [-0.15, -0.1) is 0 Å². The fraction of sp³-hybridized carbons (Fsp3) is 0.429. The first-order valence-corrected chi connectivity index (χ1v) is 6.52. The van der Waals surface area contributed by atoms with Crippen molar-refractivity contribution in [2.75, 3.05) is 13.2 Å². The van der Waals surface area contributed by atoms with Crippen LogP contribution in [-0.2, 0) is 4.79 Å². The Bertz CT molecular complexity index is 501. The lowest BCUT2D eigenvalue weighted by Gasteiger charge is -2.21. The summed E-state index contributed by atoms with van der Waals surface area (Å²) in [6, 6.07) is 2.13. The first-order valence-electron chi connectivity index (χ1n) is 6.52. The molecule has 0 saturated carbocycles. The SMILES string of the molecule is CC(C)C(NC(=O)c1c(F)cccc1F)C(=O)NCCO. The van der Waals surface area contributed by atoms with E-state index in [2.05, 4.69) is 10.6 Å². The highest BCUT2D eigenvalue weighted by atomic mass is 19.1. The van der Waals surface area contributed by atoms with Crippen LogP contribution in [0.25, 0.3) is 0 Å². The van der Waals surface area contributed by atoms with Crippen LogP contribution in [0.4, 0.5) is 8.78 Å². The molecule has 1 unspecified atom stereocenters. The fourth-order valence-electron chi connectivity index (χ4n) is 1.75. The van der Waals surface area contributed by atoms with Crippen LogP contribution in [0.5, 0.6) is 0 Å². The molecule has 1 aromatic rings. The first kappa shape index (κ1) is 17.0. The van der Waals surface area contributed by atoms with Gasteiger partial charge in [0.2, 0.25) is 5.91 Å². The smallest absolute Gasteiger partial charge is 0.257 e. The Morgan fingerprint density at radius 1 is 1.24 bits per heavy atom. The molecule has 0 radical (unpaired) electrons. The Kier molecular flexibility index (Phi) is 6.23. The molecule has 5 nitrogen and oxygen atoms in total. The standard InChI is InChI=1S/C14H18F2N2O3/c1-8(2)12(14(21)17-6-7-19)18-13(20)11-9(15)4-3-5-10(11)16/h3-5,8,12,19H,6-7H2,1-2H3,(H,17,21)(H,18,20). The van der Waals surface area contributed by atoms with E-state index in [1.54, 1.807) is 13.8 Å². The van der Waals surface area contributed by atoms with Gasteiger partial charge >= 0.3 is 0 Å². The maximum Gasteiger partial charge on any atom is 0.257 e. The lowest BCUT2D eigenvalue weighted by atomic mass is 10.0. The number of aliphatic hydroxyl groups is 1. The number of rotatable bonds is 6. The maximum absolute atomic E-state index is 13.5. The first-order chi connectivity index (χ1) is 9.88. The largest absolute Gasteiger partial charge is 0.395 e. The van der Waals surface area contributed by atoms with Crippen molar-refractivity contribution in [3.05, 3.63) is 35.4 Å². The predicted octanol–water partition coefficient (Wildman–Crippen LogP) is 0.828. The van der Waals surface area contributed by atoms with Crippen LogP contribution in [0, 0.1) is 17.6 Å². The molecule has 1 atom stereocenters. The van der Waals surface area contributed by atoms with E-state index in [-0.39, 0.29) is 19.1 Å². The Morgan fingerprint density at radius 2 is 1.81 bits per heavy atom. The summed E-state index contributed by atoms with van der Waals surface area (Å²) in [6.07, 6.45) is 0. The highest BCUT2D eigenvalue weighted by molar-refractivity contribution is 5.98. The zero-order chi connectivity index (χ0) is 16.0. The van der Waals surface area contributed by atoms with Crippen molar-refractivity contribution < 1.29 is 23.5 Å². The van der Waals surface area contributed by atoms with Gasteiger partial charge in [-0.3, -0.25) is 9.59 Å². The van der Waals surface area contributed by atoms with Crippen LogP contribution in [0.3, 0.4) is 0 Å². The van der Waals surface area contributed by atoms with Crippen LogP contribution in [-0.4, -0.2) is 36.1 Å². The summed E-state index contributed by atoms with van der Waals surface area (Å²) in [6.45, 7) is 3.15. The number of hydrogen-bond donors (Lipinski definition) is 3. The molecule has 0 aliphatic rings. The van der Waals surface area contributed by atoms with Crippen LogP contribution in [0.15, 0.2) is 18.2 Å². The fourth-order valence-corrected chi connectivity index (χ4v) is 1.75. The van der Waals surface area contributed by atoms with E-state index in [4.69, 9.17) is 5.11 Å². The van der Waals surface area contributed by atoms with Crippen LogP contribution in [0.1, 0.15) is 24.2 Å². The average molecular weight is 300 g/mol. The number of hydrogen-bond acceptors (Lipinski definition) is 3. The molecule has 3 N–H and O–H groups in total. The van der Waals surface area contributed by atoms with Crippen molar-refractivity contribution in [2.24, 2.45) is 5.92 Å². The zero-order valence-electron chi connectivity index (χ0n) is 11.8. The number of nitrogens with one attached hydrogen (secondary N) is 2. The van der Waals surface area contributed by atoms with Crippen LogP contribution >= 0.6 is 0 Å². The lowest BCUT2D eigenvalue weighted by molar-refractivity contribution is -0.124. The second kappa shape index (κ2) is 7.68. The number of carbonyl (C=O) groups excluding carboxylic acids is 2. The summed E-state index contributed by atoms with van der Waals surface area (Å²) in [5.74, 6) is -3.80. The number of benzene rings is 1. The number of carbonyl (C=O) groups is 2. The molecule has 21 heavy (non-hydrogen) atoms. The van der Waals surface area contributed by atoms with Gasteiger partial charge in [-0.05, 0) is 18.1 Å². The zero-order valence-corrected chi connectivity index (χ0v) is 11.8. The van der Waals surface area contributed by atoms with E-state index in [0.717, 1.165) is 18.2 Å². The van der Waals surface area contributed by atoms with Gasteiger partial charge in [0.15, 0.2) is 0 Å². The highest BCUT2D eigenvalue weighted by Crippen LogP contribution is 2.13. The molecule has 0 saturated heterocycles.